The van der Waals surface area contributed by atoms with Gasteiger partial charge < -0.3 is 9.84 Å². The van der Waals surface area contributed by atoms with Gasteiger partial charge in [0.2, 0.25) is 0 Å². The first-order valence-electron chi connectivity index (χ1n) is 6.95. The van der Waals surface area contributed by atoms with Crippen molar-refractivity contribution in [1.82, 2.24) is 0 Å². The molecule has 0 aliphatic heterocycles. The zero-order valence-corrected chi connectivity index (χ0v) is 13.2. The number of carboxylic acid groups (broad SMARTS) is 1. The first kappa shape index (κ1) is 17.9. The molecular formula is C15H28O4. The lowest BCUT2D eigenvalue weighted by molar-refractivity contribution is -0.183. The van der Waals surface area contributed by atoms with Gasteiger partial charge in [0.05, 0.1) is 0 Å². The summed E-state index contributed by atoms with van der Waals surface area (Å²) in [4.78, 5) is 24.2. The molecule has 0 saturated heterocycles. The molecule has 0 fully saturated rings. The zero-order chi connectivity index (χ0) is 15.4. The molecule has 0 aromatic rings. The monoisotopic (exact) mass is 272 g/mol. The number of ether oxygens (including phenoxy) is 1. The second kappa shape index (κ2) is 6.40. The van der Waals surface area contributed by atoms with Crippen LogP contribution >= 0.6 is 0 Å². The molecule has 0 amide bonds. The van der Waals surface area contributed by atoms with Gasteiger partial charge in [-0.05, 0) is 24.7 Å². The fraction of sp³-hybridized carbons (Fsp3) is 0.867. The molecule has 0 aromatic carbocycles. The van der Waals surface area contributed by atoms with Crippen molar-refractivity contribution in [1.29, 1.82) is 0 Å². The van der Waals surface area contributed by atoms with E-state index in [4.69, 9.17) is 4.74 Å². The van der Waals surface area contributed by atoms with Crippen molar-refractivity contribution < 1.29 is 19.4 Å². The van der Waals surface area contributed by atoms with E-state index in [0.29, 0.717) is 6.42 Å². The van der Waals surface area contributed by atoms with E-state index in [1.165, 1.54) is 0 Å². The van der Waals surface area contributed by atoms with E-state index < -0.39 is 22.8 Å². The van der Waals surface area contributed by atoms with Gasteiger partial charge in [-0.2, -0.15) is 0 Å². The van der Waals surface area contributed by atoms with Crippen molar-refractivity contribution in [3.63, 3.8) is 0 Å². The lowest BCUT2D eigenvalue weighted by Crippen LogP contribution is -2.51. The number of rotatable bonds is 6. The molecule has 1 N–H and O–H groups in total. The van der Waals surface area contributed by atoms with Crippen LogP contribution in [0.25, 0.3) is 0 Å². The summed E-state index contributed by atoms with van der Waals surface area (Å²) >= 11 is 0. The molecule has 112 valence electrons. The molecule has 0 saturated carbocycles. The summed E-state index contributed by atoms with van der Waals surface area (Å²) in [6.07, 6.45) is 0.620. The lowest BCUT2D eigenvalue weighted by Gasteiger charge is -2.39. The number of esters is 1. The number of carbonyl (C=O) groups is 2. The van der Waals surface area contributed by atoms with E-state index in [9.17, 15) is 14.7 Å². The van der Waals surface area contributed by atoms with Gasteiger partial charge >= 0.3 is 11.9 Å². The van der Waals surface area contributed by atoms with Crippen molar-refractivity contribution in [2.24, 2.45) is 16.7 Å². The SMILES string of the molecule is CCCC(C(=O)O)(C(=O)OC(C)C(C)C)C(C)(C)C. The summed E-state index contributed by atoms with van der Waals surface area (Å²) in [5.74, 6) is -1.55. The van der Waals surface area contributed by atoms with E-state index in [0.717, 1.165) is 0 Å². The van der Waals surface area contributed by atoms with Crippen LogP contribution in [0.3, 0.4) is 0 Å². The van der Waals surface area contributed by atoms with Crippen LogP contribution in [0.4, 0.5) is 0 Å². The quantitative estimate of drug-likeness (QED) is 0.594. The lowest BCUT2D eigenvalue weighted by atomic mass is 9.64. The molecule has 0 spiro atoms. The standard InChI is InChI=1S/C15H28O4/c1-8-9-15(12(16)17,14(5,6)7)13(18)19-11(4)10(2)3/h10-11H,8-9H2,1-7H3,(H,16,17). The van der Waals surface area contributed by atoms with Crippen molar-refractivity contribution in [3.8, 4) is 0 Å². The third-order valence-electron chi connectivity index (χ3n) is 3.85. The number of aliphatic carboxylic acids is 1. The predicted molar refractivity (Wildman–Crippen MR) is 74.8 cm³/mol. The minimum atomic E-state index is -1.48. The van der Waals surface area contributed by atoms with Crippen molar-refractivity contribution in [2.75, 3.05) is 0 Å². The normalized spacial score (nSPS) is 16.8. The number of hydrogen-bond acceptors (Lipinski definition) is 3. The predicted octanol–water partition coefficient (Wildman–Crippen LogP) is 3.49. The summed E-state index contributed by atoms with van der Waals surface area (Å²) < 4.78 is 5.40. The zero-order valence-electron chi connectivity index (χ0n) is 13.2. The van der Waals surface area contributed by atoms with Gasteiger partial charge in [0.15, 0.2) is 5.41 Å². The maximum absolute atomic E-state index is 12.5. The third kappa shape index (κ3) is 3.71. The van der Waals surface area contributed by atoms with Crippen LogP contribution in [0, 0.1) is 16.7 Å². The van der Waals surface area contributed by atoms with Gasteiger partial charge in [-0.15, -0.1) is 0 Å². The average molecular weight is 272 g/mol. The van der Waals surface area contributed by atoms with Crippen LogP contribution in [0.2, 0.25) is 0 Å². The Hall–Kier alpha value is -1.06. The Kier molecular flexibility index (Phi) is 6.04. The van der Waals surface area contributed by atoms with E-state index in [1.807, 2.05) is 20.8 Å². The van der Waals surface area contributed by atoms with Crippen LogP contribution in [-0.2, 0) is 14.3 Å². The molecule has 2 unspecified atom stereocenters. The van der Waals surface area contributed by atoms with Crippen LogP contribution in [0.1, 0.15) is 61.3 Å². The molecule has 2 atom stereocenters. The Morgan fingerprint density at radius 1 is 1.16 bits per heavy atom. The number of carbonyl (C=O) groups excluding carboxylic acids is 1. The van der Waals surface area contributed by atoms with Gasteiger partial charge in [0, 0.05) is 0 Å². The van der Waals surface area contributed by atoms with Crippen molar-refractivity contribution >= 4 is 11.9 Å². The highest BCUT2D eigenvalue weighted by molar-refractivity contribution is 6.00. The first-order valence-corrected chi connectivity index (χ1v) is 6.95. The largest absolute Gasteiger partial charge is 0.480 e. The second-order valence-corrected chi connectivity index (χ2v) is 6.56. The summed E-state index contributed by atoms with van der Waals surface area (Å²) in [6, 6.07) is 0. The highest BCUT2D eigenvalue weighted by Gasteiger charge is 2.56. The minimum absolute atomic E-state index is 0.164. The first-order chi connectivity index (χ1) is 8.50. The molecule has 0 aliphatic carbocycles. The highest BCUT2D eigenvalue weighted by Crippen LogP contribution is 2.44. The Labute approximate surface area is 116 Å². The summed E-state index contributed by atoms with van der Waals surface area (Å²) in [6.45, 7) is 12.9. The van der Waals surface area contributed by atoms with E-state index in [1.54, 1.807) is 27.7 Å². The molecule has 0 rings (SSSR count). The Morgan fingerprint density at radius 3 is 1.89 bits per heavy atom. The molecule has 0 aliphatic rings. The third-order valence-corrected chi connectivity index (χ3v) is 3.85. The number of carboxylic acids is 1. The van der Waals surface area contributed by atoms with Gasteiger partial charge in [0.25, 0.3) is 0 Å². The molecule has 4 nitrogen and oxygen atoms in total. The molecule has 0 aromatic heterocycles. The smallest absolute Gasteiger partial charge is 0.324 e. The highest BCUT2D eigenvalue weighted by atomic mass is 16.5. The summed E-state index contributed by atoms with van der Waals surface area (Å²) in [5, 5.41) is 9.61. The van der Waals surface area contributed by atoms with Crippen LogP contribution < -0.4 is 0 Å². The molecular weight excluding hydrogens is 244 g/mol. The van der Waals surface area contributed by atoms with Gasteiger partial charge in [-0.1, -0.05) is 48.0 Å². The summed E-state index contributed by atoms with van der Waals surface area (Å²) in [7, 11) is 0. The molecule has 0 radical (unpaired) electrons. The molecule has 0 bridgehead atoms. The van der Waals surface area contributed by atoms with Crippen molar-refractivity contribution in [3.05, 3.63) is 0 Å². The molecule has 0 heterocycles. The van der Waals surface area contributed by atoms with Crippen molar-refractivity contribution in [2.45, 2.75) is 67.4 Å². The second-order valence-electron chi connectivity index (χ2n) is 6.56. The topological polar surface area (TPSA) is 63.6 Å². The Bertz CT molecular complexity index is 328. The van der Waals surface area contributed by atoms with Crippen LogP contribution in [0.15, 0.2) is 0 Å². The fourth-order valence-corrected chi connectivity index (χ4v) is 2.08. The van der Waals surface area contributed by atoms with E-state index >= 15 is 0 Å². The minimum Gasteiger partial charge on any atom is -0.480 e. The Morgan fingerprint density at radius 2 is 1.63 bits per heavy atom. The number of hydrogen-bond donors (Lipinski definition) is 1. The Balaban J connectivity index is 5.47. The average Bonchev–Trinajstić information content (AvgIpc) is 2.22. The molecule has 4 heteroatoms. The molecule has 19 heavy (non-hydrogen) atoms. The van der Waals surface area contributed by atoms with E-state index in [2.05, 4.69) is 0 Å². The fourth-order valence-electron chi connectivity index (χ4n) is 2.08. The van der Waals surface area contributed by atoms with Gasteiger partial charge in [-0.3, -0.25) is 9.59 Å². The maximum Gasteiger partial charge on any atom is 0.324 e. The van der Waals surface area contributed by atoms with Crippen LogP contribution in [-0.4, -0.2) is 23.1 Å². The van der Waals surface area contributed by atoms with Gasteiger partial charge in [-0.25, -0.2) is 0 Å². The summed E-state index contributed by atoms with van der Waals surface area (Å²) in [5.41, 5.74) is -2.17. The van der Waals surface area contributed by atoms with Gasteiger partial charge in [0.1, 0.15) is 6.10 Å². The van der Waals surface area contributed by atoms with Crippen LogP contribution in [0.5, 0.6) is 0 Å². The maximum atomic E-state index is 12.5. The van der Waals surface area contributed by atoms with E-state index in [-0.39, 0.29) is 18.4 Å².